The number of methoxy groups -OCH3 is 1. The van der Waals surface area contributed by atoms with E-state index in [9.17, 15) is 9.59 Å². The van der Waals surface area contributed by atoms with E-state index in [1.807, 2.05) is 19.9 Å². The molecule has 0 N–H and O–H groups in total. The summed E-state index contributed by atoms with van der Waals surface area (Å²) >= 11 is 0.909. The van der Waals surface area contributed by atoms with E-state index in [2.05, 4.69) is 0 Å². The molecule has 6 nitrogen and oxygen atoms in total. The minimum absolute atomic E-state index is 0.335. The standard InChI is InChI=1S/C21H21NO5S/c1-4-26-16-9-7-15(8-10-16)22-20(23)19(28-21(22)24)13-14-6-11-17(27-5-2)18(12-14)25-3/h6-13H,4-5H2,1-3H3. The van der Waals surface area contributed by atoms with Crippen molar-refractivity contribution >= 4 is 34.7 Å². The summed E-state index contributed by atoms with van der Waals surface area (Å²) in [7, 11) is 1.56. The second-order valence-electron chi connectivity index (χ2n) is 5.79. The Morgan fingerprint density at radius 1 is 0.964 bits per heavy atom. The quantitative estimate of drug-likeness (QED) is 0.627. The Balaban J connectivity index is 1.84. The number of benzene rings is 2. The summed E-state index contributed by atoms with van der Waals surface area (Å²) in [6, 6.07) is 12.2. The monoisotopic (exact) mass is 399 g/mol. The van der Waals surface area contributed by atoms with E-state index < -0.39 is 0 Å². The van der Waals surface area contributed by atoms with Gasteiger partial charge in [-0.05, 0) is 73.6 Å². The molecule has 1 fully saturated rings. The third-order valence-corrected chi connectivity index (χ3v) is 4.85. The smallest absolute Gasteiger partial charge is 0.298 e. The molecule has 2 aromatic rings. The van der Waals surface area contributed by atoms with E-state index in [4.69, 9.17) is 14.2 Å². The van der Waals surface area contributed by atoms with Crippen molar-refractivity contribution < 1.29 is 23.8 Å². The van der Waals surface area contributed by atoms with Crippen LogP contribution in [-0.4, -0.2) is 31.5 Å². The number of carbonyl (C=O) groups is 2. The zero-order valence-electron chi connectivity index (χ0n) is 15.9. The maximum absolute atomic E-state index is 12.8. The summed E-state index contributed by atoms with van der Waals surface area (Å²) in [5.74, 6) is 1.54. The van der Waals surface area contributed by atoms with Crippen LogP contribution in [0.4, 0.5) is 10.5 Å². The number of hydrogen-bond donors (Lipinski definition) is 0. The first-order valence-electron chi connectivity index (χ1n) is 8.89. The number of hydrogen-bond acceptors (Lipinski definition) is 6. The molecule has 0 spiro atoms. The first kappa shape index (κ1) is 19.8. The molecule has 7 heteroatoms. The molecule has 0 aliphatic carbocycles. The van der Waals surface area contributed by atoms with Crippen LogP contribution in [0.1, 0.15) is 19.4 Å². The molecule has 2 aromatic carbocycles. The highest BCUT2D eigenvalue weighted by molar-refractivity contribution is 8.19. The van der Waals surface area contributed by atoms with E-state index in [1.165, 1.54) is 0 Å². The Hall–Kier alpha value is -2.93. The Morgan fingerprint density at radius 2 is 1.68 bits per heavy atom. The van der Waals surface area contributed by atoms with Crippen LogP contribution in [0.5, 0.6) is 17.2 Å². The fraction of sp³-hybridized carbons (Fsp3) is 0.238. The zero-order valence-corrected chi connectivity index (χ0v) is 16.7. The second kappa shape index (κ2) is 8.84. The SMILES string of the molecule is CCOc1ccc(N2C(=O)SC(=Cc3ccc(OCC)c(OC)c3)C2=O)cc1. The molecule has 2 amide bonds. The van der Waals surface area contributed by atoms with Crippen molar-refractivity contribution in [2.45, 2.75) is 13.8 Å². The van der Waals surface area contributed by atoms with Crippen LogP contribution >= 0.6 is 11.8 Å². The van der Waals surface area contributed by atoms with Gasteiger partial charge in [-0.3, -0.25) is 9.59 Å². The van der Waals surface area contributed by atoms with Crippen molar-refractivity contribution in [3.05, 3.63) is 52.9 Å². The number of nitrogens with zero attached hydrogens (tertiary/aromatic N) is 1. The number of amides is 2. The first-order chi connectivity index (χ1) is 13.6. The Labute approximate surface area is 168 Å². The zero-order chi connectivity index (χ0) is 20.1. The average molecular weight is 399 g/mol. The topological polar surface area (TPSA) is 65.1 Å². The van der Waals surface area contributed by atoms with Gasteiger partial charge in [0, 0.05) is 0 Å². The van der Waals surface area contributed by atoms with Crippen LogP contribution in [0, 0.1) is 0 Å². The lowest BCUT2D eigenvalue weighted by Crippen LogP contribution is -2.27. The van der Waals surface area contributed by atoms with Gasteiger partial charge >= 0.3 is 0 Å². The Morgan fingerprint density at radius 3 is 2.32 bits per heavy atom. The van der Waals surface area contributed by atoms with Crippen LogP contribution in [0.15, 0.2) is 47.4 Å². The van der Waals surface area contributed by atoms with Gasteiger partial charge in [0.05, 0.1) is 30.9 Å². The van der Waals surface area contributed by atoms with Gasteiger partial charge in [-0.15, -0.1) is 0 Å². The Kier molecular flexibility index (Phi) is 6.26. The summed E-state index contributed by atoms with van der Waals surface area (Å²) < 4.78 is 16.2. The highest BCUT2D eigenvalue weighted by Crippen LogP contribution is 2.37. The van der Waals surface area contributed by atoms with Gasteiger partial charge in [0.15, 0.2) is 11.5 Å². The van der Waals surface area contributed by atoms with Gasteiger partial charge in [-0.25, -0.2) is 4.90 Å². The van der Waals surface area contributed by atoms with Crippen LogP contribution in [0.25, 0.3) is 6.08 Å². The van der Waals surface area contributed by atoms with Crippen molar-refractivity contribution in [3.63, 3.8) is 0 Å². The molecule has 0 unspecified atom stereocenters. The number of anilines is 1. The predicted molar refractivity (Wildman–Crippen MR) is 110 cm³/mol. The summed E-state index contributed by atoms with van der Waals surface area (Å²) in [4.78, 5) is 26.7. The van der Waals surface area contributed by atoms with Gasteiger partial charge in [-0.2, -0.15) is 0 Å². The third-order valence-electron chi connectivity index (χ3n) is 3.98. The molecule has 1 aliphatic heterocycles. The molecule has 0 saturated carbocycles. The normalized spacial score (nSPS) is 15.2. The lowest BCUT2D eigenvalue weighted by atomic mass is 10.2. The highest BCUT2D eigenvalue weighted by Gasteiger charge is 2.36. The fourth-order valence-corrected chi connectivity index (χ4v) is 3.59. The molecule has 1 aliphatic rings. The molecule has 0 atom stereocenters. The van der Waals surface area contributed by atoms with E-state index >= 15 is 0 Å². The van der Waals surface area contributed by atoms with Crippen molar-refractivity contribution in [2.24, 2.45) is 0 Å². The number of carbonyl (C=O) groups excluding carboxylic acids is 2. The van der Waals surface area contributed by atoms with Crippen molar-refractivity contribution in [1.82, 2.24) is 0 Å². The lowest BCUT2D eigenvalue weighted by molar-refractivity contribution is -0.113. The average Bonchev–Trinajstić information content (AvgIpc) is 2.97. The molecule has 1 saturated heterocycles. The molecule has 1 heterocycles. The number of thioether (sulfide) groups is 1. The van der Waals surface area contributed by atoms with Gasteiger partial charge < -0.3 is 14.2 Å². The van der Waals surface area contributed by atoms with E-state index in [1.54, 1.807) is 49.6 Å². The fourth-order valence-electron chi connectivity index (χ4n) is 2.75. The molecule has 0 radical (unpaired) electrons. The van der Waals surface area contributed by atoms with Gasteiger partial charge in [-0.1, -0.05) is 6.07 Å². The number of rotatable bonds is 7. The molecular weight excluding hydrogens is 378 g/mol. The molecule has 0 bridgehead atoms. The summed E-state index contributed by atoms with van der Waals surface area (Å²) in [6.07, 6.45) is 1.68. The second-order valence-corrected chi connectivity index (χ2v) is 6.78. The molecule has 28 heavy (non-hydrogen) atoms. The van der Waals surface area contributed by atoms with Crippen LogP contribution in [0.2, 0.25) is 0 Å². The lowest BCUT2D eigenvalue weighted by Gasteiger charge is -2.13. The number of ether oxygens (including phenoxy) is 3. The molecule has 3 rings (SSSR count). The van der Waals surface area contributed by atoms with Crippen molar-refractivity contribution in [2.75, 3.05) is 25.2 Å². The van der Waals surface area contributed by atoms with Gasteiger partial charge in [0.25, 0.3) is 11.1 Å². The third kappa shape index (κ3) is 4.14. The highest BCUT2D eigenvalue weighted by atomic mass is 32.2. The number of imide groups is 1. The van der Waals surface area contributed by atoms with Crippen LogP contribution in [-0.2, 0) is 4.79 Å². The first-order valence-corrected chi connectivity index (χ1v) is 9.70. The molecule has 0 aromatic heterocycles. The van der Waals surface area contributed by atoms with E-state index in [0.717, 1.165) is 22.2 Å². The van der Waals surface area contributed by atoms with Crippen LogP contribution < -0.4 is 19.1 Å². The summed E-state index contributed by atoms with van der Waals surface area (Å²) in [5.41, 5.74) is 1.26. The Bertz CT molecular complexity index is 908. The predicted octanol–water partition coefficient (Wildman–Crippen LogP) is 4.73. The summed E-state index contributed by atoms with van der Waals surface area (Å²) in [6.45, 7) is 4.86. The minimum Gasteiger partial charge on any atom is -0.494 e. The minimum atomic E-state index is -0.355. The van der Waals surface area contributed by atoms with E-state index in [-0.39, 0.29) is 11.1 Å². The maximum atomic E-state index is 12.8. The van der Waals surface area contributed by atoms with Gasteiger partial charge in [0.1, 0.15) is 5.75 Å². The largest absolute Gasteiger partial charge is 0.494 e. The van der Waals surface area contributed by atoms with E-state index in [0.29, 0.717) is 41.1 Å². The van der Waals surface area contributed by atoms with Crippen LogP contribution in [0.3, 0.4) is 0 Å². The van der Waals surface area contributed by atoms with Crippen molar-refractivity contribution in [1.29, 1.82) is 0 Å². The molecule has 146 valence electrons. The van der Waals surface area contributed by atoms with Gasteiger partial charge in [0.2, 0.25) is 0 Å². The summed E-state index contributed by atoms with van der Waals surface area (Å²) in [5, 5.41) is -0.335. The maximum Gasteiger partial charge on any atom is 0.298 e. The molecular formula is C21H21NO5S. The van der Waals surface area contributed by atoms with Crippen molar-refractivity contribution in [3.8, 4) is 17.2 Å².